The van der Waals surface area contributed by atoms with Crippen molar-refractivity contribution in [3.63, 3.8) is 0 Å². The fourth-order valence-electron chi connectivity index (χ4n) is 6.34. The van der Waals surface area contributed by atoms with Crippen LogP contribution in [-0.4, -0.2) is 61.6 Å². The Hall–Kier alpha value is -1.97. The van der Waals surface area contributed by atoms with Gasteiger partial charge in [-0.1, -0.05) is 18.2 Å². The minimum absolute atomic E-state index is 0.140. The van der Waals surface area contributed by atoms with Crippen molar-refractivity contribution in [1.29, 1.82) is 0 Å². The number of imide groups is 1. The van der Waals surface area contributed by atoms with E-state index in [1.54, 1.807) is 7.11 Å². The number of halogens is 1. The molecule has 2 spiro atoms. The topological polar surface area (TPSA) is 77.1 Å². The standard InChI is InChI=1S/C25H34BFN2O5/c1-22(2)23(3,4)34-26(33-22)17-7-6-16-15-24(10-8-18(32-5)9-11-24)25(19(16)14-17)20(30)29(13-12-27)21(31)28-25/h6-7,14,18H,8-13,15H2,1-5H3,(H,28,31). The van der Waals surface area contributed by atoms with E-state index >= 15 is 0 Å². The Morgan fingerprint density at radius 3 is 2.38 bits per heavy atom. The molecule has 2 heterocycles. The summed E-state index contributed by atoms with van der Waals surface area (Å²) in [5.74, 6) is -0.351. The molecule has 184 valence electrons. The van der Waals surface area contributed by atoms with Crippen molar-refractivity contribution in [3.05, 3.63) is 29.3 Å². The van der Waals surface area contributed by atoms with Gasteiger partial charge in [-0.2, -0.15) is 0 Å². The summed E-state index contributed by atoms with van der Waals surface area (Å²) in [6.45, 7) is 6.99. The van der Waals surface area contributed by atoms with Crippen molar-refractivity contribution in [2.75, 3.05) is 20.3 Å². The minimum atomic E-state index is -1.22. The molecule has 3 amide bonds. The van der Waals surface area contributed by atoms with E-state index in [1.165, 1.54) is 0 Å². The van der Waals surface area contributed by atoms with Crippen molar-refractivity contribution in [3.8, 4) is 0 Å². The highest BCUT2D eigenvalue weighted by atomic mass is 19.1. The van der Waals surface area contributed by atoms with Crippen molar-refractivity contribution in [1.82, 2.24) is 10.2 Å². The van der Waals surface area contributed by atoms with Crippen molar-refractivity contribution in [2.45, 2.75) is 82.6 Å². The van der Waals surface area contributed by atoms with Gasteiger partial charge in [0, 0.05) is 12.5 Å². The van der Waals surface area contributed by atoms with Crippen LogP contribution in [0, 0.1) is 5.41 Å². The number of benzene rings is 1. The first-order valence-electron chi connectivity index (χ1n) is 12.2. The SMILES string of the molecule is COC1CCC2(CC1)Cc1ccc(B3OC(C)(C)C(C)(C)O3)cc1C21NC(=O)N(CCF)C1=O. The Morgan fingerprint density at radius 2 is 1.79 bits per heavy atom. The number of hydrogen-bond acceptors (Lipinski definition) is 5. The van der Waals surface area contributed by atoms with Crippen LogP contribution in [0.25, 0.3) is 0 Å². The average Bonchev–Trinajstić information content (AvgIpc) is 3.29. The zero-order valence-electron chi connectivity index (χ0n) is 20.7. The van der Waals surface area contributed by atoms with E-state index in [9.17, 15) is 14.0 Å². The summed E-state index contributed by atoms with van der Waals surface area (Å²) >= 11 is 0. The van der Waals surface area contributed by atoms with Crippen molar-refractivity contribution < 1.29 is 28.0 Å². The van der Waals surface area contributed by atoms with Gasteiger partial charge in [0.15, 0.2) is 5.54 Å². The third kappa shape index (κ3) is 3.12. The van der Waals surface area contributed by atoms with Gasteiger partial charge in [-0.15, -0.1) is 0 Å². The molecule has 1 unspecified atom stereocenters. The smallest absolute Gasteiger partial charge is 0.399 e. The third-order valence-corrected chi connectivity index (χ3v) is 9.02. The van der Waals surface area contributed by atoms with Crippen LogP contribution in [0.2, 0.25) is 0 Å². The van der Waals surface area contributed by atoms with Crippen LogP contribution < -0.4 is 10.8 Å². The lowest BCUT2D eigenvalue weighted by Gasteiger charge is -2.46. The first-order valence-corrected chi connectivity index (χ1v) is 12.2. The first-order chi connectivity index (χ1) is 16.0. The molecule has 1 aromatic carbocycles. The highest BCUT2D eigenvalue weighted by Crippen LogP contribution is 2.59. The summed E-state index contributed by atoms with van der Waals surface area (Å²) in [4.78, 5) is 27.9. The highest BCUT2D eigenvalue weighted by Gasteiger charge is 2.68. The van der Waals surface area contributed by atoms with E-state index < -0.39 is 42.0 Å². The number of ether oxygens (including phenoxy) is 1. The number of carbonyl (C=O) groups is 2. The molecule has 4 aliphatic rings. The van der Waals surface area contributed by atoms with Crippen LogP contribution in [0.5, 0.6) is 0 Å². The minimum Gasteiger partial charge on any atom is -0.399 e. The fraction of sp³-hybridized carbons (Fsp3) is 0.680. The molecule has 7 nitrogen and oxygen atoms in total. The number of methoxy groups -OCH3 is 1. The number of nitrogens with one attached hydrogen (secondary N) is 1. The van der Waals surface area contributed by atoms with E-state index in [0.717, 1.165) is 47.2 Å². The van der Waals surface area contributed by atoms with Gasteiger partial charge in [0.1, 0.15) is 6.67 Å². The molecule has 34 heavy (non-hydrogen) atoms. The maximum atomic E-state index is 13.9. The predicted molar refractivity (Wildman–Crippen MR) is 125 cm³/mol. The van der Waals surface area contributed by atoms with E-state index in [4.69, 9.17) is 14.0 Å². The van der Waals surface area contributed by atoms with Crippen LogP contribution in [0.1, 0.15) is 64.5 Å². The molecule has 2 aliphatic heterocycles. The molecule has 3 fully saturated rings. The number of amides is 3. The van der Waals surface area contributed by atoms with Crippen LogP contribution in [-0.2, 0) is 30.8 Å². The quantitative estimate of drug-likeness (QED) is 0.539. The second-order valence-electron chi connectivity index (χ2n) is 11.2. The Labute approximate surface area is 200 Å². The maximum absolute atomic E-state index is 13.9. The van der Waals surface area contributed by atoms with Crippen LogP contribution in [0.15, 0.2) is 18.2 Å². The second kappa shape index (κ2) is 7.77. The van der Waals surface area contributed by atoms with Crippen LogP contribution in [0.4, 0.5) is 9.18 Å². The van der Waals surface area contributed by atoms with E-state index in [1.807, 2.05) is 45.9 Å². The monoisotopic (exact) mass is 472 g/mol. The average molecular weight is 472 g/mol. The summed E-state index contributed by atoms with van der Waals surface area (Å²) in [6, 6.07) is 5.47. The number of alkyl halides is 1. The van der Waals surface area contributed by atoms with E-state index in [-0.39, 0.29) is 18.6 Å². The number of nitrogens with zero attached hydrogens (tertiary/aromatic N) is 1. The maximum Gasteiger partial charge on any atom is 0.494 e. The van der Waals surface area contributed by atoms with Gasteiger partial charge in [0.05, 0.1) is 23.9 Å². The lowest BCUT2D eigenvalue weighted by Crippen LogP contribution is -2.57. The summed E-state index contributed by atoms with van der Waals surface area (Å²) in [5, 5.41) is 3.06. The van der Waals surface area contributed by atoms with Crippen LogP contribution >= 0.6 is 0 Å². The van der Waals surface area contributed by atoms with Crippen molar-refractivity contribution in [2.24, 2.45) is 5.41 Å². The number of carbonyl (C=O) groups excluding carboxylic acids is 2. The number of hydrogen-bond donors (Lipinski definition) is 1. The zero-order chi connectivity index (χ0) is 24.5. The molecule has 1 saturated carbocycles. The fourth-order valence-corrected chi connectivity index (χ4v) is 6.34. The molecule has 9 heteroatoms. The highest BCUT2D eigenvalue weighted by molar-refractivity contribution is 6.62. The Balaban J connectivity index is 1.59. The van der Waals surface area contributed by atoms with Crippen molar-refractivity contribution >= 4 is 24.5 Å². The number of fused-ring (bicyclic) bond motifs is 3. The second-order valence-corrected chi connectivity index (χ2v) is 11.2. The molecule has 0 radical (unpaired) electrons. The molecule has 1 aromatic rings. The van der Waals surface area contributed by atoms with Gasteiger partial charge in [-0.05, 0) is 76.4 Å². The largest absolute Gasteiger partial charge is 0.494 e. The Morgan fingerprint density at radius 1 is 1.15 bits per heavy atom. The number of rotatable bonds is 4. The molecular weight excluding hydrogens is 438 g/mol. The summed E-state index contributed by atoms with van der Waals surface area (Å²) in [7, 11) is 1.13. The van der Waals surface area contributed by atoms with Gasteiger partial charge in [0.2, 0.25) is 0 Å². The summed E-state index contributed by atoms with van der Waals surface area (Å²) < 4.78 is 31.4. The third-order valence-electron chi connectivity index (χ3n) is 9.02. The molecule has 2 aliphatic carbocycles. The van der Waals surface area contributed by atoms with Gasteiger partial charge in [-0.25, -0.2) is 9.18 Å². The molecule has 2 saturated heterocycles. The van der Waals surface area contributed by atoms with Gasteiger partial charge < -0.3 is 19.4 Å². The molecule has 5 rings (SSSR count). The molecule has 1 N–H and O–H groups in total. The van der Waals surface area contributed by atoms with E-state index in [2.05, 4.69) is 5.32 Å². The lowest BCUT2D eigenvalue weighted by atomic mass is 9.61. The van der Waals surface area contributed by atoms with E-state index in [0.29, 0.717) is 6.42 Å². The Kier molecular flexibility index (Phi) is 5.43. The normalized spacial score (nSPS) is 33.8. The number of urea groups is 1. The lowest BCUT2D eigenvalue weighted by molar-refractivity contribution is -0.138. The summed E-state index contributed by atoms with van der Waals surface area (Å²) in [5.41, 5.74) is -0.0520. The molecule has 1 atom stereocenters. The van der Waals surface area contributed by atoms with Gasteiger partial charge in [0.25, 0.3) is 5.91 Å². The van der Waals surface area contributed by atoms with Gasteiger partial charge >= 0.3 is 13.1 Å². The molecular formula is C25H34BFN2O5. The first kappa shape index (κ1) is 23.8. The summed E-state index contributed by atoms with van der Waals surface area (Å²) in [6.07, 6.45) is 3.91. The molecule has 0 aromatic heterocycles. The van der Waals surface area contributed by atoms with Crippen LogP contribution in [0.3, 0.4) is 0 Å². The zero-order valence-corrected chi connectivity index (χ0v) is 20.7. The molecule has 0 bridgehead atoms. The predicted octanol–water partition coefficient (Wildman–Crippen LogP) is 2.83. The Bertz CT molecular complexity index is 1010. The van der Waals surface area contributed by atoms with Gasteiger partial charge in [-0.3, -0.25) is 9.69 Å².